The summed E-state index contributed by atoms with van der Waals surface area (Å²) in [6.07, 6.45) is 1.71. The lowest BCUT2D eigenvalue weighted by Gasteiger charge is -2.31. The molecule has 0 saturated carbocycles. The molecule has 0 bridgehead atoms. The highest BCUT2D eigenvalue weighted by molar-refractivity contribution is 6.31. The molecule has 2 rings (SSSR count). The molecule has 0 aliphatic rings. The predicted octanol–water partition coefficient (Wildman–Crippen LogP) is 4.25. The van der Waals surface area contributed by atoms with Gasteiger partial charge >= 0.3 is 5.97 Å². The molecule has 3 nitrogen and oxygen atoms in total. The Kier molecular flexibility index (Phi) is 6.41. The van der Waals surface area contributed by atoms with Gasteiger partial charge < -0.3 is 10.0 Å². The third kappa shape index (κ3) is 4.37. The van der Waals surface area contributed by atoms with Crippen LogP contribution in [-0.2, 0) is 16.6 Å². The fourth-order valence-electron chi connectivity index (χ4n) is 2.97. The van der Waals surface area contributed by atoms with Crippen LogP contribution in [0.4, 0.5) is 0 Å². The van der Waals surface area contributed by atoms with Crippen LogP contribution in [0.15, 0.2) is 54.6 Å². The summed E-state index contributed by atoms with van der Waals surface area (Å²) in [7, 11) is 3.93. The van der Waals surface area contributed by atoms with Crippen LogP contribution in [0.1, 0.15) is 24.0 Å². The predicted molar refractivity (Wildman–Crippen MR) is 98.7 cm³/mol. The van der Waals surface area contributed by atoms with Crippen molar-refractivity contribution in [2.24, 2.45) is 0 Å². The molecule has 0 aromatic heterocycles. The molecule has 24 heavy (non-hydrogen) atoms. The van der Waals surface area contributed by atoms with Gasteiger partial charge in [0, 0.05) is 5.02 Å². The lowest BCUT2D eigenvalue weighted by atomic mass is 9.73. The number of halogens is 1. The SMILES string of the molecule is CN(C)CCC(CCc1ccccc1Cl)(C(=O)O)c1ccccc1. The van der Waals surface area contributed by atoms with E-state index in [4.69, 9.17) is 11.6 Å². The lowest BCUT2D eigenvalue weighted by molar-refractivity contribution is -0.144. The van der Waals surface area contributed by atoms with Crippen LogP contribution in [0.3, 0.4) is 0 Å². The molecule has 0 saturated heterocycles. The van der Waals surface area contributed by atoms with Gasteiger partial charge in [-0.3, -0.25) is 4.79 Å². The molecule has 1 atom stereocenters. The van der Waals surface area contributed by atoms with Crippen molar-refractivity contribution in [3.63, 3.8) is 0 Å². The van der Waals surface area contributed by atoms with E-state index in [2.05, 4.69) is 0 Å². The van der Waals surface area contributed by atoms with Crippen molar-refractivity contribution >= 4 is 17.6 Å². The number of carboxylic acids is 1. The molecule has 128 valence electrons. The minimum atomic E-state index is -0.912. The average molecular weight is 346 g/mol. The summed E-state index contributed by atoms with van der Waals surface area (Å²) in [6.45, 7) is 0.712. The van der Waals surface area contributed by atoms with Crippen molar-refractivity contribution in [1.29, 1.82) is 0 Å². The molecule has 0 heterocycles. The number of hydrogen-bond donors (Lipinski definition) is 1. The van der Waals surface area contributed by atoms with Crippen LogP contribution < -0.4 is 0 Å². The first-order chi connectivity index (χ1) is 11.5. The molecule has 1 unspecified atom stereocenters. The first-order valence-electron chi connectivity index (χ1n) is 8.13. The maximum Gasteiger partial charge on any atom is 0.314 e. The molecular weight excluding hydrogens is 322 g/mol. The van der Waals surface area contributed by atoms with Crippen molar-refractivity contribution in [1.82, 2.24) is 4.90 Å². The van der Waals surface area contributed by atoms with Gasteiger partial charge in [-0.05, 0) is 57.1 Å². The van der Waals surface area contributed by atoms with Gasteiger partial charge in [-0.2, -0.15) is 0 Å². The number of carbonyl (C=O) groups is 1. The van der Waals surface area contributed by atoms with E-state index in [9.17, 15) is 9.90 Å². The van der Waals surface area contributed by atoms with Gasteiger partial charge in [-0.25, -0.2) is 0 Å². The van der Waals surface area contributed by atoms with Crippen LogP contribution in [0, 0.1) is 0 Å². The maximum absolute atomic E-state index is 12.3. The fraction of sp³-hybridized carbons (Fsp3) is 0.350. The second kappa shape index (κ2) is 8.32. The number of carboxylic acid groups (broad SMARTS) is 1. The molecule has 0 amide bonds. The van der Waals surface area contributed by atoms with Crippen LogP contribution in [0.5, 0.6) is 0 Å². The third-order valence-corrected chi connectivity index (χ3v) is 4.87. The fourth-order valence-corrected chi connectivity index (χ4v) is 3.20. The smallest absolute Gasteiger partial charge is 0.314 e. The van der Waals surface area contributed by atoms with E-state index >= 15 is 0 Å². The molecule has 4 heteroatoms. The Morgan fingerprint density at radius 2 is 1.67 bits per heavy atom. The Bertz CT molecular complexity index is 672. The molecule has 2 aromatic rings. The highest BCUT2D eigenvalue weighted by atomic mass is 35.5. The number of aliphatic carboxylic acids is 1. The molecule has 0 spiro atoms. The monoisotopic (exact) mass is 345 g/mol. The summed E-state index contributed by atoms with van der Waals surface area (Å²) in [6, 6.07) is 17.2. The Labute approximate surface area is 148 Å². The van der Waals surface area contributed by atoms with Gasteiger partial charge in [0.25, 0.3) is 0 Å². The van der Waals surface area contributed by atoms with E-state index < -0.39 is 11.4 Å². The average Bonchev–Trinajstić information content (AvgIpc) is 2.57. The Hall–Kier alpha value is -1.84. The first kappa shape index (κ1) is 18.5. The van der Waals surface area contributed by atoms with Gasteiger partial charge in [0.05, 0.1) is 5.41 Å². The topological polar surface area (TPSA) is 40.5 Å². The summed E-state index contributed by atoms with van der Waals surface area (Å²) in [5.41, 5.74) is 0.932. The normalized spacial score (nSPS) is 13.7. The van der Waals surface area contributed by atoms with Crippen molar-refractivity contribution in [3.05, 3.63) is 70.7 Å². The van der Waals surface area contributed by atoms with E-state index in [0.29, 0.717) is 30.8 Å². The number of nitrogens with zero attached hydrogens (tertiary/aromatic N) is 1. The van der Waals surface area contributed by atoms with Gasteiger partial charge in [0.15, 0.2) is 0 Å². The zero-order valence-corrected chi connectivity index (χ0v) is 15.0. The van der Waals surface area contributed by atoms with E-state index in [-0.39, 0.29) is 0 Å². The van der Waals surface area contributed by atoms with E-state index in [0.717, 1.165) is 11.1 Å². The molecule has 2 aromatic carbocycles. The Morgan fingerprint density at radius 1 is 1.04 bits per heavy atom. The van der Waals surface area contributed by atoms with Crippen molar-refractivity contribution < 1.29 is 9.90 Å². The third-order valence-electron chi connectivity index (χ3n) is 4.50. The number of hydrogen-bond acceptors (Lipinski definition) is 2. The van der Waals surface area contributed by atoms with Gasteiger partial charge in [-0.1, -0.05) is 60.1 Å². The summed E-state index contributed by atoms with van der Waals surface area (Å²) in [5, 5.41) is 10.8. The molecule has 0 fully saturated rings. The molecule has 0 aliphatic heterocycles. The minimum absolute atomic E-state index is 0.518. The zero-order valence-electron chi connectivity index (χ0n) is 14.2. The second-order valence-corrected chi connectivity index (χ2v) is 6.81. The van der Waals surface area contributed by atoms with Gasteiger partial charge in [0.1, 0.15) is 0 Å². The van der Waals surface area contributed by atoms with E-state index in [1.807, 2.05) is 73.6 Å². The number of benzene rings is 2. The van der Waals surface area contributed by atoms with E-state index in [1.165, 1.54) is 0 Å². The van der Waals surface area contributed by atoms with Crippen molar-refractivity contribution in [2.75, 3.05) is 20.6 Å². The maximum atomic E-state index is 12.3. The quantitative estimate of drug-likeness (QED) is 0.777. The van der Waals surface area contributed by atoms with Gasteiger partial charge in [0.2, 0.25) is 0 Å². The first-order valence-corrected chi connectivity index (χ1v) is 8.50. The van der Waals surface area contributed by atoms with Crippen LogP contribution in [0.25, 0.3) is 0 Å². The van der Waals surface area contributed by atoms with Gasteiger partial charge in [-0.15, -0.1) is 0 Å². The summed E-state index contributed by atoms with van der Waals surface area (Å²) in [5.74, 6) is -0.775. The Morgan fingerprint density at radius 3 is 2.25 bits per heavy atom. The molecule has 0 radical (unpaired) electrons. The summed E-state index contributed by atoms with van der Waals surface area (Å²) < 4.78 is 0. The van der Waals surface area contributed by atoms with Crippen LogP contribution in [0.2, 0.25) is 5.02 Å². The van der Waals surface area contributed by atoms with E-state index in [1.54, 1.807) is 0 Å². The lowest BCUT2D eigenvalue weighted by Crippen LogP contribution is -2.39. The van der Waals surface area contributed by atoms with Crippen molar-refractivity contribution in [2.45, 2.75) is 24.7 Å². The highest BCUT2D eigenvalue weighted by Gasteiger charge is 2.39. The number of rotatable bonds is 8. The van der Waals surface area contributed by atoms with Crippen LogP contribution >= 0.6 is 11.6 Å². The largest absolute Gasteiger partial charge is 0.481 e. The van der Waals surface area contributed by atoms with Crippen LogP contribution in [-0.4, -0.2) is 36.6 Å². The van der Waals surface area contributed by atoms with Crippen molar-refractivity contribution in [3.8, 4) is 0 Å². The zero-order chi connectivity index (χ0) is 17.6. The molecular formula is C20H24ClNO2. The summed E-state index contributed by atoms with van der Waals surface area (Å²) >= 11 is 6.25. The molecule has 1 N–H and O–H groups in total. The standard InChI is InChI=1S/C20H24ClNO2/c1-22(2)15-14-20(19(23)24,17-9-4-3-5-10-17)13-12-16-8-6-7-11-18(16)21/h3-11H,12-15H2,1-2H3,(H,23,24). The number of aryl methyl sites for hydroxylation is 1. The minimum Gasteiger partial charge on any atom is -0.481 e. The molecule has 0 aliphatic carbocycles. The second-order valence-electron chi connectivity index (χ2n) is 6.40. The summed E-state index contributed by atoms with van der Waals surface area (Å²) in [4.78, 5) is 14.3. The highest BCUT2D eigenvalue weighted by Crippen LogP contribution is 2.35. The Balaban J connectivity index is 2.33.